The van der Waals surface area contributed by atoms with E-state index in [9.17, 15) is 0 Å². The van der Waals surface area contributed by atoms with Gasteiger partial charge in [0.15, 0.2) is 0 Å². The first-order chi connectivity index (χ1) is 20.6. The van der Waals surface area contributed by atoms with Crippen LogP contribution >= 0.6 is 0 Å². The Labute approximate surface area is 244 Å². The van der Waals surface area contributed by atoms with Crippen LogP contribution in [0.1, 0.15) is 0 Å². The Balaban J connectivity index is 1.18. The van der Waals surface area contributed by atoms with E-state index in [1.54, 1.807) is 24.3 Å². The van der Waals surface area contributed by atoms with Crippen molar-refractivity contribution in [3.63, 3.8) is 0 Å². The molecule has 0 unspecified atom stereocenters. The SMILES string of the molecule is Nc1ccc(Oc2ccc(Oc3ccccc3-c3ccccc3Oc3ccc(Oc4ccc(N)cc4)cc3)cc2)cc1. The molecule has 0 heterocycles. The van der Waals surface area contributed by atoms with Crippen molar-refractivity contribution in [2.24, 2.45) is 0 Å². The normalized spacial score (nSPS) is 10.6. The highest BCUT2D eigenvalue weighted by atomic mass is 16.5. The van der Waals surface area contributed by atoms with E-state index in [2.05, 4.69) is 0 Å². The van der Waals surface area contributed by atoms with Gasteiger partial charge in [0.1, 0.15) is 46.0 Å². The summed E-state index contributed by atoms with van der Waals surface area (Å²) in [5.41, 5.74) is 14.7. The third kappa shape index (κ3) is 6.46. The standard InChI is InChI=1S/C36H28N2O4/c37-25-9-13-27(14-10-25)39-29-17-21-31(22-18-29)41-35-7-3-1-5-33(35)34-6-2-4-8-36(34)42-32-23-19-30(20-24-32)40-28-15-11-26(38)12-16-28/h1-24H,37-38H2. The highest BCUT2D eigenvalue weighted by Gasteiger charge is 2.13. The Bertz CT molecular complexity index is 1630. The van der Waals surface area contributed by atoms with E-state index in [0.29, 0.717) is 57.4 Å². The molecule has 0 radical (unpaired) electrons. The molecular weight excluding hydrogens is 524 g/mol. The maximum Gasteiger partial charge on any atom is 0.135 e. The fourth-order valence-corrected chi connectivity index (χ4v) is 4.31. The highest BCUT2D eigenvalue weighted by molar-refractivity contribution is 5.76. The topological polar surface area (TPSA) is 89.0 Å². The van der Waals surface area contributed by atoms with Crippen molar-refractivity contribution in [3.05, 3.63) is 146 Å². The number of nitrogens with two attached hydrogens (primary N) is 2. The van der Waals surface area contributed by atoms with Crippen LogP contribution < -0.4 is 30.4 Å². The van der Waals surface area contributed by atoms with Crippen molar-refractivity contribution in [1.29, 1.82) is 0 Å². The van der Waals surface area contributed by atoms with Crippen LogP contribution in [0.5, 0.6) is 46.0 Å². The molecular formula is C36H28N2O4. The quantitative estimate of drug-likeness (QED) is 0.174. The number of hydrogen-bond donors (Lipinski definition) is 2. The number of anilines is 2. The molecule has 0 saturated carbocycles. The van der Waals surface area contributed by atoms with Gasteiger partial charge in [0.25, 0.3) is 0 Å². The van der Waals surface area contributed by atoms with Crippen LogP contribution in [0.15, 0.2) is 146 Å². The van der Waals surface area contributed by atoms with E-state index in [1.807, 2.05) is 121 Å². The molecule has 6 aromatic carbocycles. The van der Waals surface area contributed by atoms with Crippen LogP contribution in [0, 0.1) is 0 Å². The van der Waals surface area contributed by atoms with Gasteiger partial charge in [-0.15, -0.1) is 0 Å². The summed E-state index contributed by atoms with van der Waals surface area (Å²) in [6, 6.07) is 45.3. The lowest BCUT2D eigenvalue weighted by Gasteiger charge is -2.15. The lowest BCUT2D eigenvalue weighted by Crippen LogP contribution is -1.92. The van der Waals surface area contributed by atoms with Crippen LogP contribution in [-0.2, 0) is 0 Å². The Morgan fingerprint density at radius 1 is 0.286 bits per heavy atom. The van der Waals surface area contributed by atoms with Crippen molar-refractivity contribution >= 4 is 11.4 Å². The summed E-state index contributed by atoms with van der Waals surface area (Å²) < 4.78 is 24.4. The zero-order valence-electron chi connectivity index (χ0n) is 22.6. The monoisotopic (exact) mass is 552 g/mol. The molecule has 0 aliphatic carbocycles. The van der Waals surface area contributed by atoms with Crippen LogP contribution in [0.25, 0.3) is 11.1 Å². The Morgan fingerprint density at radius 3 is 0.881 bits per heavy atom. The Morgan fingerprint density at radius 2 is 0.548 bits per heavy atom. The van der Waals surface area contributed by atoms with Crippen molar-refractivity contribution in [3.8, 4) is 57.1 Å². The minimum Gasteiger partial charge on any atom is -0.457 e. The molecule has 0 aromatic heterocycles. The first-order valence-corrected chi connectivity index (χ1v) is 13.4. The van der Waals surface area contributed by atoms with Crippen molar-refractivity contribution < 1.29 is 18.9 Å². The second kappa shape index (κ2) is 12.1. The van der Waals surface area contributed by atoms with E-state index >= 15 is 0 Å². The number of nitrogen functional groups attached to an aromatic ring is 2. The molecule has 0 saturated heterocycles. The van der Waals surface area contributed by atoms with Crippen molar-refractivity contribution in [2.75, 3.05) is 11.5 Å². The molecule has 0 spiro atoms. The first-order valence-electron chi connectivity index (χ1n) is 13.4. The number of hydrogen-bond acceptors (Lipinski definition) is 6. The molecule has 0 fully saturated rings. The van der Waals surface area contributed by atoms with Gasteiger partial charge in [0.05, 0.1) is 0 Å². The third-order valence-corrected chi connectivity index (χ3v) is 6.40. The summed E-state index contributed by atoms with van der Waals surface area (Å²) in [4.78, 5) is 0. The highest BCUT2D eigenvalue weighted by Crippen LogP contribution is 2.40. The van der Waals surface area contributed by atoms with Crippen molar-refractivity contribution in [1.82, 2.24) is 0 Å². The first kappa shape index (κ1) is 26.3. The molecule has 0 amide bonds. The molecule has 6 rings (SSSR count). The van der Waals surface area contributed by atoms with E-state index in [-0.39, 0.29) is 0 Å². The smallest absolute Gasteiger partial charge is 0.135 e. The lowest BCUT2D eigenvalue weighted by molar-refractivity contribution is 0.466. The fraction of sp³-hybridized carbons (Fsp3) is 0. The van der Waals surface area contributed by atoms with Gasteiger partial charge >= 0.3 is 0 Å². The minimum absolute atomic E-state index is 0.683. The summed E-state index contributed by atoms with van der Waals surface area (Å²) >= 11 is 0. The summed E-state index contributed by atoms with van der Waals surface area (Å²) in [7, 11) is 0. The lowest BCUT2D eigenvalue weighted by atomic mass is 10.0. The van der Waals surface area contributed by atoms with Gasteiger partial charge in [-0.05, 0) is 109 Å². The van der Waals surface area contributed by atoms with E-state index in [4.69, 9.17) is 30.4 Å². The van der Waals surface area contributed by atoms with Crippen LogP contribution in [0.4, 0.5) is 11.4 Å². The maximum absolute atomic E-state index is 6.32. The van der Waals surface area contributed by atoms with Gasteiger partial charge in [0, 0.05) is 22.5 Å². The molecule has 6 nitrogen and oxygen atoms in total. The summed E-state index contributed by atoms with van der Waals surface area (Å²) in [6.45, 7) is 0. The second-order valence-corrected chi connectivity index (χ2v) is 9.48. The largest absolute Gasteiger partial charge is 0.457 e. The third-order valence-electron chi connectivity index (χ3n) is 6.40. The number of rotatable bonds is 9. The van der Waals surface area contributed by atoms with Gasteiger partial charge in [-0.3, -0.25) is 0 Å². The molecule has 6 aromatic rings. The van der Waals surface area contributed by atoms with E-state index in [1.165, 1.54) is 0 Å². The van der Waals surface area contributed by atoms with Gasteiger partial charge in [-0.1, -0.05) is 36.4 Å². The van der Waals surface area contributed by atoms with Gasteiger partial charge in [-0.25, -0.2) is 0 Å². The summed E-state index contributed by atoms with van der Waals surface area (Å²) in [6.07, 6.45) is 0. The fourth-order valence-electron chi connectivity index (χ4n) is 4.31. The predicted octanol–water partition coefficient (Wildman–Crippen LogP) is 9.69. The van der Waals surface area contributed by atoms with Crippen LogP contribution in [0.2, 0.25) is 0 Å². The zero-order valence-corrected chi connectivity index (χ0v) is 22.6. The van der Waals surface area contributed by atoms with E-state index in [0.717, 1.165) is 11.1 Å². The molecule has 42 heavy (non-hydrogen) atoms. The molecule has 0 aliphatic heterocycles. The number of ether oxygens (including phenoxy) is 4. The van der Waals surface area contributed by atoms with Gasteiger partial charge < -0.3 is 30.4 Å². The number of benzene rings is 6. The van der Waals surface area contributed by atoms with Gasteiger partial charge in [0.2, 0.25) is 0 Å². The maximum atomic E-state index is 6.32. The Hall–Kier alpha value is -5.88. The molecule has 0 aliphatic rings. The van der Waals surface area contributed by atoms with Crippen molar-refractivity contribution in [2.45, 2.75) is 0 Å². The Kier molecular flexibility index (Phi) is 7.59. The average Bonchev–Trinajstić information content (AvgIpc) is 3.02. The zero-order chi connectivity index (χ0) is 28.7. The minimum atomic E-state index is 0.683. The average molecular weight is 553 g/mol. The predicted molar refractivity (Wildman–Crippen MR) is 167 cm³/mol. The summed E-state index contributed by atoms with van der Waals surface area (Å²) in [5, 5.41) is 0. The molecule has 4 N–H and O–H groups in total. The van der Waals surface area contributed by atoms with Gasteiger partial charge in [-0.2, -0.15) is 0 Å². The van der Waals surface area contributed by atoms with Crippen LogP contribution in [0.3, 0.4) is 0 Å². The molecule has 6 heteroatoms. The van der Waals surface area contributed by atoms with E-state index < -0.39 is 0 Å². The molecule has 0 bridgehead atoms. The molecule has 206 valence electrons. The molecule has 0 atom stereocenters. The van der Waals surface area contributed by atoms with Crippen LogP contribution in [-0.4, -0.2) is 0 Å². The second-order valence-electron chi connectivity index (χ2n) is 9.48. The summed E-state index contributed by atoms with van der Waals surface area (Å²) in [5.74, 6) is 5.59. The number of para-hydroxylation sites is 2.